The molecule has 0 fully saturated rings. The third-order valence-corrected chi connectivity index (χ3v) is 4.92. The van der Waals surface area contributed by atoms with Crippen LogP contribution in [0.1, 0.15) is 27.3 Å². The molecule has 0 N–H and O–H groups in total. The molecule has 27 heavy (non-hydrogen) atoms. The molecule has 1 aromatic heterocycles. The fourth-order valence-corrected chi connectivity index (χ4v) is 3.45. The lowest BCUT2D eigenvalue weighted by Crippen LogP contribution is -2.10. The summed E-state index contributed by atoms with van der Waals surface area (Å²) in [5.74, 6) is 0.395. The van der Waals surface area contributed by atoms with E-state index in [2.05, 4.69) is 15.9 Å². The molecule has 3 aromatic rings. The van der Waals surface area contributed by atoms with Gasteiger partial charge in [-0.1, -0.05) is 22.0 Å². The first-order valence-corrected chi connectivity index (χ1v) is 9.26. The van der Waals surface area contributed by atoms with Crippen LogP contribution in [0, 0.1) is 0 Å². The van der Waals surface area contributed by atoms with Gasteiger partial charge in [-0.05, 0) is 41.5 Å². The van der Waals surface area contributed by atoms with Crippen molar-refractivity contribution in [2.24, 2.45) is 0 Å². The van der Waals surface area contributed by atoms with Crippen LogP contribution in [-0.2, 0) is 29.1 Å². The largest absolute Gasteiger partial charge is 0.465 e. The smallest absolute Gasteiger partial charge is 0.337 e. The fourth-order valence-electron chi connectivity index (χ4n) is 3.05. The minimum Gasteiger partial charge on any atom is -0.465 e. The van der Waals surface area contributed by atoms with Crippen molar-refractivity contribution in [1.82, 2.24) is 9.55 Å². The van der Waals surface area contributed by atoms with Gasteiger partial charge in [-0.3, -0.25) is 0 Å². The number of hydrogen-bond acceptors (Lipinski definition) is 4. The van der Waals surface area contributed by atoms with E-state index in [9.17, 15) is 9.18 Å². The van der Waals surface area contributed by atoms with E-state index in [0.29, 0.717) is 30.7 Å². The standard InChI is InChI=1S/C20H20BrFN2O3/c1-26-8-7-24-18-10-14(20(25)27-2)4-6-17(18)23-19(24)11-13-3-5-16(21)9-15(13)12-22/h3-6,9-10H,7-8,11-12H2,1-2H3. The number of alkyl halides is 1. The maximum atomic E-state index is 13.4. The molecule has 0 aliphatic heterocycles. The Balaban J connectivity index is 2.07. The molecule has 0 aliphatic rings. The second-order valence-electron chi connectivity index (χ2n) is 6.09. The summed E-state index contributed by atoms with van der Waals surface area (Å²) in [5, 5.41) is 0. The fraction of sp³-hybridized carbons (Fsp3) is 0.300. The number of benzene rings is 2. The first-order valence-electron chi connectivity index (χ1n) is 8.47. The molecule has 3 rings (SSSR count). The van der Waals surface area contributed by atoms with Gasteiger partial charge < -0.3 is 14.0 Å². The van der Waals surface area contributed by atoms with Gasteiger partial charge >= 0.3 is 5.97 Å². The van der Waals surface area contributed by atoms with E-state index in [1.807, 2.05) is 16.7 Å². The zero-order chi connectivity index (χ0) is 19.4. The number of fused-ring (bicyclic) bond motifs is 1. The van der Waals surface area contributed by atoms with Crippen LogP contribution < -0.4 is 0 Å². The SMILES string of the molecule is COCCn1c(Cc2ccc(Br)cc2CF)nc2ccc(C(=O)OC)cc21. The van der Waals surface area contributed by atoms with Crippen LogP contribution in [0.3, 0.4) is 0 Å². The first-order chi connectivity index (χ1) is 13.1. The number of esters is 1. The topological polar surface area (TPSA) is 53.4 Å². The quantitative estimate of drug-likeness (QED) is 0.520. The van der Waals surface area contributed by atoms with Crippen molar-refractivity contribution in [2.75, 3.05) is 20.8 Å². The lowest BCUT2D eigenvalue weighted by molar-refractivity contribution is 0.0601. The van der Waals surface area contributed by atoms with Gasteiger partial charge in [-0.2, -0.15) is 0 Å². The number of aromatic nitrogens is 2. The van der Waals surface area contributed by atoms with Crippen LogP contribution in [-0.4, -0.2) is 36.3 Å². The molecule has 0 spiro atoms. The number of methoxy groups -OCH3 is 2. The molecule has 0 unspecified atom stereocenters. The molecule has 142 valence electrons. The van der Waals surface area contributed by atoms with Crippen molar-refractivity contribution in [1.29, 1.82) is 0 Å². The van der Waals surface area contributed by atoms with Crippen LogP contribution in [0.15, 0.2) is 40.9 Å². The van der Waals surface area contributed by atoms with Crippen LogP contribution in [0.2, 0.25) is 0 Å². The molecule has 0 atom stereocenters. The molecule has 2 aromatic carbocycles. The Hall–Kier alpha value is -2.25. The van der Waals surface area contributed by atoms with Crippen molar-refractivity contribution in [3.8, 4) is 0 Å². The van der Waals surface area contributed by atoms with Gasteiger partial charge in [0.05, 0.1) is 30.3 Å². The molecular formula is C20H20BrFN2O3. The minimum atomic E-state index is -0.542. The lowest BCUT2D eigenvalue weighted by Gasteiger charge is -2.11. The van der Waals surface area contributed by atoms with Crippen molar-refractivity contribution in [3.63, 3.8) is 0 Å². The van der Waals surface area contributed by atoms with Gasteiger partial charge in [-0.25, -0.2) is 14.2 Å². The summed E-state index contributed by atoms with van der Waals surface area (Å²) in [7, 11) is 2.99. The molecule has 0 radical (unpaired) electrons. The van der Waals surface area contributed by atoms with E-state index in [1.54, 1.807) is 31.4 Å². The normalized spacial score (nSPS) is 11.1. The van der Waals surface area contributed by atoms with Gasteiger partial charge in [0, 0.05) is 24.5 Å². The maximum absolute atomic E-state index is 13.4. The number of carbonyl (C=O) groups excluding carboxylic acids is 1. The molecule has 7 heteroatoms. The predicted octanol–water partition coefficient (Wildman–Crippen LogP) is 4.29. The van der Waals surface area contributed by atoms with E-state index < -0.39 is 12.6 Å². The molecule has 0 aliphatic carbocycles. The minimum absolute atomic E-state index is 0.398. The molecule has 0 amide bonds. The van der Waals surface area contributed by atoms with Crippen molar-refractivity contribution < 1.29 is 18.7 Å². The summed E-state index contributed by atoms with van der Waals surface area (Å²) >= 11 is 3.38. The predicted molar refractivity (Wildman–Crippen MR) is 105 cm³/mol. The van der Waals surface area contributed by atoms with Gasteiger partial charge in [0.1, 0.15) is 12.5 Å². The van der Waals surface area contributed by atoms with E-state index in [-0.39, 0.29) is 0 Å². The zero-order valence-corrected chi connectivity index (χ0v) is 16.8. The Morgan fingerprint density at radius 2 is 2.00 bits per heavy atom. The number of carbonyl (C=O) groups is 1. The lowest BCUT2D eigenvalue weighted by atomic mass is 10.1. The van der Waals surface area contributed by atoms with E-state index >= 15 is 0 Å². The Morgan fingerprint density at radius 1 is 1.19 bits per heavy atom. The molecule has 0 bridgehead atoms. The van der Waals surface area contributed by atoms with Crippen molar-refractivity contribution >= 4 is 32.9 Å². The Labute approximate surface area is 165 Å². The molecule has 1 heterocycles. The summed E-state index contributed by atoms with van der Waals surface area (Å²) in [6, 6.07) is 10.8. The third kappa shape index (κ3) is 4.20. The number of halogens is 2. The summed E-state index contributed by atoms with van der Waals surface area (Å²) in [4.78, 5) is 16.6. The van der Waals surface area contributed by atoms with Gasteiger partial charge in [0.15, 0.2) is 0 Å². The summed E-state index contributed by atoms with van der Waals surface area (Å²) in [6.45, 7) is 0.533. The highest BCUT2D eigenvalue weighted by Crippen LogP contribution is 2.24. The second-order valence-corrected chi connectivity index (χ2v) is 7.01. The monoisotopic (exact) mass is 434 g/mol. The second kappa shape index (κ2) is 8.63. The Morgan fingerprint density at radius 3 is 2.70 bits per heavy atom. The van der Waals surface area contributed by atoms with E-state index in [4.69, 9.17) is 14.5 Å². The maximum Gasteiger partial charge on any atom is 0.337 e. The number of nitrogens with zero attached hydrogens (tertiary/aromatic N) is 2. The van der Waals surface area contributed by atoms with E-state index in [1.165, 1.54) is 7.11 Å². The highest BCUT2D eigenvalue weighted by molar-refractivity contribution is 9.10. The highest BCUT2D eigenvalue weighted by atomic mass is 79.9. The van der Waals surface area contributed by atoms with Crippen LogP contribution >= 0.6 is 15.9 Å². The summed E-state index contributed by atoms with van der Waals surface area (Å²) < 4.78 is 26.3. The number of rotatable bonds is 7. The number of imidazole rings is 1. The molecule has 5 nitrogen and oxygen atoms in total. The van der Waals surface area contributed by atoms with Gasteiger partial charge in [0.25, 0.3) is 0 Å². The van der Waals surface area contributed by atoms with Crippen LogP contribution in [0.4, 0.5) is 4.39 Å². The van der Waals surface area contributed by atoms with Gasteiger partial charge in [0.2, 0.25) is 0 Å². The Bertz CT molecular complexity index is 971. The zero-order valence-electron chi connectivity index (χ0n) is 15.2. The number of ether oxygens (including phenoxy) is 2. The van der Waals surface area contributed by atoms with Gasteiger partial charge in [-0.15, -0.1) is 0 Å². The highest BCUT2D eigenvalue weighted by Gasteiger charge is 2.16. The van der Waals surface area contributed by atoms with Crippen LogP contribution in [0.25, 0.3) is 11.0 Å². The van der Waals surface area contributed by atoms with Crippen molar-refractivity contribution in [3.05, 3.63) is 63.4 Å². The molecule has 0 saturated carbocycles. The first kappa shape index (κ1) is 19.5. The summed E-state index contributed by atoms with van der Waals surface area (Å²) in [6.07, 6.45) is 0.485. The van der Waals surface area contributed by atoms with Crippen molar-refractivity contribution in [2.45, 2.75) is 19.6 Å². The summed E-state index contributed by atoms with van der Waals surface area (Å²) in [5.41, 5.74) is 3.56. The average Bonchev–Trinajstić information content (AvgIpc) is 3.03. The van der Waals surface area contributed by atoms with Crippen LogP contribution in [0.5, 0.6) is 0 Å². The number of hydrogen-bond donors (Lipinski definition) is 0. The third-order valence-electron chi connectivity index (χ3n) is 4.43. The molecule has 0 saturated heterocycles. The molecular weight excluding hydrogens is 415 g/mol. The van der Waals surface area contributed by atoms with E-state index in [0.717, 1.165) is 26.9 Å². The average molecular weight is 435 g/mol. The Kier molecular flexibility index (Phi) is 6.23.